The van der Waals surface area contributed by atoms with Gasteiger partial charge in [0.15, 0.2) is 5.78 Å². The van der Waals surface area contributed by atoms with Gasteiger partial charge in [0, 0.05) is 39.0 Å². The van der Waals surface area contributed by atoms with Gasteiger partial charge in [0.05, 0.1) is 6.20 Å². The number of Topliss-reactive ketones (excluding diaryl/α,β-unsaturated/α-hetero) is 1. The molecule has 2 fully saturated rings. The van der Waals surface area contributed by atoms with Crippen molar-refractivity contribution in [2.75, 3.05) is 0 Å². The molecule has 3 rings (SSSR count). The fraction of sp³-hybridized carbons (Fsp3) is 0.538. The third-order valence-corrected chi connectivity index (χ3v) is 6.09. The standard InChI is InChI=1S/C13H14FNO2S/c14-10-3-9(6-15-7-10)13(16)8-4-11-1-2-12(5-8)18(11)17/h3,6-8,11-12H,1-2,4-5H2. The van der Waals surface area contributed by atoms with E-state index in [0.29, 0.717) is 18.4 Å². The third-order valence-electron chi connectivity index (χ3n) is 3.92. The SMILES string of the molecule is O=C(c1cncc(F)c1)C1CC2CCC(C1)S2=O. The van der Waals surface area contributed by atoms with Crippen LogP contribution >= 0.6 is 0 Å². The van der Waals surface area contributed by atoms with E-state index in [1.807, 2.05) is 0 Å². The highest BCUT2D eigenvalue weighted by Gasteiger charge is 2.42. The Balaban J connectivity index is 1.80. The molecule has 0 radical (unpaired) electrons. The first-order valence-electron chi connectivity index (χ1n) is 6.19. The van der Waals surface area contributed by atoms with Gasteiger partial charge in [-0.25, -0.2) is 4.39 Å². The molecular formula is C13H14FNO2S. The Morgan fingerprint density at radius 1 is 1.28 bits per heavy atom. The summed E-state index contributed by atoms with van der Waals surface area (Å²) in [7, 11) is -0.759. The summed E-state index contributed by atoms with van der Waals surface area (Å²) in [6.45, 7) is 0. The minimum Gasteiger partial charge on any atom is -0.294 e. The maximum atomic E-state index is 13.1. The summed E-state index contributed by atoms with van der Waals surface area (Å²) in [5, 5.41) is 0.332. The van der Waals surface area contributed by atoms with Crippen molar-refractivity contribution in [1.29, 1.82) is 0 Å². The highest BCUT2D eigenvalue weighted by molar-refractivity contribution is 7.86. The van der Waals surface area contributed by atoms with Crippen LogP contribution in [0.25, 0.3) is 0 Å². The molecule has 3 nitrogen and oxygen atoms in total. The minimum absolute atomic E-state index is 0.0457. The van der Waals surface area contributed by atoms with E-state index in [0.717, 1.165) is 19.0 Å². The number of nitrogens with zero attached hydrogens (tertiary/aromatic N) is 1. The number of pyridine rings is 1. The summed E-state index contributed by atoms with van der Waals surface area (Å²) < 4.78 is 24.9. The number of fused-ring (bicyclic) bond motifs is 2. The number of aromatic nitrogens is 1. The molecule has 2 saturated heterocycles. The quantitative estimate of drug-likeness (QED) is 0.771. The van der Waals surface area contributed by atoms with Gasteiger partial charge >= 0.3 is 0 Å². The van der Waals surface area contributed by atoms with Gasteiger partial charge in [0.2, 0.25) is 0 Å². The van der Waals surface area contributed by atoms with Crippen LogP contribution in [0, 0.1) is 11.7 Å². The molecule has 2 aliphatic rings. The summed E-state index contributed by atoms with van der Waals surface area (Å²) in [6, 6.07) is 1.24. The van der Waals surface area contributed by atoms with Crippen LogP contribution in [0.15, 0.2) is 18.5 Å². The molecule has 2 bridgehead atoms. The van der Waals surface area contributed by atoms with Crippen LogP contribution in [0.4, 0.5) is 4.39 Å². The number of rotatable bonds is 2. The smallest absolute Gasteiger partial charge is 0.167 e. The van der Waals surface area contributed by atoms with E-state index in [9.17, 15) is 13.4 Å². The summed E-state index contributed by atoms with van der Waals surface area (Å²) in [6.07, 6.45) is 5.79. The van der Waals surface area contributed by atoms with Gasteiger partial charge in [-0.2, -0.15) is 0 Å². The predicted molar refractivity (Wildman–Crippen MR) is 66.2 cm³/mol. The van der Waals surface area contributed by atoms with Crippen LogP contribution in [0.3, 0.4) is 0 Å². The molecule has 2 aliphatic heterocycles. The third kappa shape index (κ3) is 2.00. The first kappa shape index (κ1) is 12.0. The largest absolute Gasteiger partial charge is 0.294 e. The second-order valence-corrected chi connectivity index (χ2v) is 7.06. The molecule has 5 heteroatoms. The Bertz CT molecular complexity index is 503. The summed E-state index contributed by atoms with van der Waals surface area (Å²) >= 11 is 0. The normalized spacial score (nSPS) is 34.5. The molecule has 2 unspecified atom stereocenters. The van der Waals surface area contributed by atoms with Crippen LogP contribution in [-0.4, -0.2) is 25.5 Å². The first-order chi connectivity index (χ1) is 8.65. The fourth-order valence-electron chi connectivity index (χ4n) is 3.03. The van der Waals surface area contributed by atoms with Crippen LogP contribution in [0.2, 0.25) is 0 Å². The lowest BCUT2D eigenvalue weighted by Gasteiger charge is -2.26. The van der Waals surface area contributed by atoms with E-state index in [-0.39, 0.29) is 22.2 Å². The zero-order chi connectivity index (χ0) is 12.7. The van der Waals surface area contributed by atoms with E-state index in [2.05, 4.69) is 4.98 Å². The summed E-state index contributed by atoms with van der Waals surface area (Å²) in [5.74, 6) is -0.636. The van der Waals surface area contributed by atoms with E-state index >= 15 is 0 Å². The maximum absolute atomic E-state index is 13.1. The first-order valence-corrected chi connectivity index (χ1v) is 7.47. The molecule has 0 saturated carbocycles. The van der Waals surface area contributed by atoms with Crippen molar-refractivity contribution < 1.29 is 13.4 Å². The number of hydrogen-bond acceptors (Lipinski definition) is 3. The van der Waals surface area contributed by atoms with Crippen molar-refractivity contribution in [3.8, 4) is 0 Å². The molecule has 0 aromatic carbocycles. The molecule has 1 aromatic rings. The zero-order valence-corrected chi connectivity index (χ0v) is 10.7. The van der Waals surface area contributed by atoms with E-state index in [1.54, 1.807) is 0 Å². The number of ketones is 1. The molecule has 18 heavy (non-hydrogen) atoms. The zero-order valence-electron chi connectivity index (χ0n) is 9.84. The van der Waals surface area contributed by atoms with Crippen molar-refractivity contribution in [2.24, 2.45) is 5.92 Å². The minimum atomic E-state index is -0.759. The van der Waals surface area contributed by atoms with Crippen molar-refractivity contribution in [2.45, 2.75) is 36.2 Å². The van der Waals surface area contributed by atoms with Gasteiger partial charge in [0.25, 0.3) is 0 Å². The maximum Gasteiger partial charge on any atom is 0.167 e. The topological polar surface area (TPSA) is 47.0 Å². The molecule has 0 spiro atoms. The molecule has 0 N–H and O–H groups in total. The highest BCUT2D eigenvalue weighted by Crippen LogP contribution is 2.39. The number of hydrogen-bond donors (Lipinski definition) is 0. The highest BCUT2D eigenvalue weighted by atomic mass is 32.2. The lowest BCUT2D eigenvalue weighted by Crippen LogP contribution is -2.32. The van der Waals surface area contributed by atoms with E-state index < -0.39 is 16.6 Å². The predicted octanol–water partition coefficient (Wildman–Crippen LogP) is 2.09. The van der Waals surface area contributed by atoms with Crippen LogP contribution in [0.1, 0.15) is 36.0 Å². The van der Waals surface area contributed by atoms with Gasteiger partial charge in [-0.15, -0.1) is 0 Å². The average Bonchev–Trinajstić information content (AvgIpc) is 2.61. The van der Waals surface area contributed by atoms with E-state index in [4.69, 9.17) is 0 Å². The van der Waals surface area contributed by atoms with Crippen molar-refractivity contribution in [3.63, 3.8) is 0 Å². The Labute approximate surface area is 107 Å². The fourth-order valence-corrected chi connectivity index (χ4v) is 5.15. The number of carbonyl (C=O) groups is 1. The molecule has 3 heterocycles. The van der Waals surface area contributed by atoms with Gasteiger partial charge in [0.1, 0.15) is 5.82 Å². The van der Waals surface area contributed by atoms with Gasteiger partial charge in [-0.05, 0) is 31.7 Å². The summed E-state index contributed by atoms with van der Waals surface area (Å²) in [4.78, 5) is 16.0. The second kappa shape index (κ2) is 4.53. The van der Waals surface area contributed by atoms with Crippen molar-refractivity contribution in [3.05, 3.63) is 29.8 Å². The molecule has 0 amide bonds. The van der Waals surface area contributed by atoms with Gasteiger partial charge in [-0.1, -0.05) is 0 Å². The van der Waals surface area contributed by atoms with Crippen molar-refractivity contribution >= 4 is 16.6 Å². The average molecular weight is 267 g/mol. The Morgan fingerprint density at radius 3 is 2.56 bits per heavy atom. The van der Waals surface area contributed by atoms with E-state index in [1.165, 1.54) is 12.3 Å². The van der Waals surface area contributed by atoms with Gasteiger partial charge < -0.3 is 0 Å². The molecule has 0 aliphatic carbocycles. The lowest BCUT2D eigenvalue weighted by atomic mass is 9.91. The van der Waals surface area contributed by atoms with Crippen LogP contribution in [0.5, 0.6) is 0 Å². The monoisotopic (exact) mass is 267 g/mol. The Kier molecular flexibility index (Phi) is 3.01. The lowest BCUT2D eigenvalue weighted by molar-refractivity contribution is 0.0905. The second-order valence-electron chi connectivity index (χ2n) is 5.07. The van der Waals surface area contributed by atoms with Gasteiger partial charge in [-0.3, -0.25) is 14.0 Å². The Morgan fingerprint density at radius 2 is 1.94 bits per heavy atom. The number of halogens is 1. The number of carbonyl (C=O) groups excluding carboxylic acids is 1. The molecule has 2 atom stereocenters. The van der Waals surface area contributed by atoms with Crippen LogP contribution < -0.4 is 0 Å². The van der Waals surface area contributed by atoms with Crippen molar-refractivity contribution in [1.82, 2.24) is 4.98 Å². The molecule has 1 aromatic heterocycles. The summed E-state index contributed by atoms with van der Waals surface area (Å²) in [5.41, 5.74) is 0.340. The van der Waals surface area contributed by atoms with Crippen LogP contribution in [-0.2, 0) is 10.8 Å². The Hall–Kier alpha value is -1.10. The molecule has 96 valence electrons. The molecular weight excluding hydrogens is 253 g/mol.